The van der Waals surface area contributed by atoms with E-state index in [-0.39, 0.29) is 35.4 Å². The number of nitrogens with zero attached hydrogens (tertiary/aromatic N) is 5. The lowest BCUT2D eigenvalue weighted by molar-refractivity contribution is -0.662. The number of rotatable bonds is 10. The van der Waals surface area contributed by atoms with Gasteiger partial charge in [-0.25, -0.2) is 18.7 Å². The van der Waals surface area contributed by atoms with Crippen molar-refractivity contribution in [3.63, 3.8) is 0 Å². The van der Waals surface area contributed by atoms with Crippen molar-refractivity contribution in [1.82, 2.24) is 19.6 Å². The second-order valence-corrected chi connectivity index (χ2v) is 10.3. The van der Waals surface area contributed by atoms with Crippen LogP contribution in [0.1, 0.15) is 5.69 Å². The number of hydrogen-bond acceptors (Lipinski definition) is 10. The predicted molar refractivity (Wildman–Crippen MR) is 138 cm³/mol. The van der Waals surface area contributed by atoms with Crippen molar-refractivity contribution in [3.05, 3.63) is 59.1 Å². The number of nitrogen functional groups attached to an aromatic ring is 1. The van der Waals surface area contributed by atoms with E-state index in [1.807, 2.05) is 45.8 Å². The van der Waals surface area contributed by atoms with Crippen molar-refractivity contribution in [1.29, 1.82) is 0 Å². The highest BCUT2D eigenvalue weighted by Gasteiger charge is 2.54. The maximum atomic E-state index is 13.1. The molecule has 0 saturated carbocycles. The van der Waals surface area contributed by atoms with Gasteiger partial charge < -0.3 is 25.7 Å². The van der Waals surface area contributed by atoms with Gasteiger partial charge in [-0.1, -0.05) is 11.2 Å². The first-order valence-corrected chi connectivity index (χ1v) is 13.4. The number of thioether (sulfide) groups is 1. The summed E-state index contributed by atoms with van der Waals surface area (Å²) in [6.07, 6.45) is 5.64. The number of imidazole rings is 1. The Bertz CT molecular complexity index is 1470. The summed E-state index contributed by atoms with van der Waals surface area (Å²) < 4.78 is 8.76. The molecule has 0 unspecified atom stereocenters. The van der Waals surface area contributed by atoms with Crippen molar-refractivity contribution in [2.75, 3.05) is 31.8 Å². The van der Waals surface area contributed by atoms with E-state index < -0.39 is 29.2 Å². The molecule has 0 bridgehead atoms. The van der Waals surface area contributed by atoms with Crippen LogP contribution in [0.3, 0.4) is 0 Å². The molecule has 2 amide bonds. The van der Waals surface area contributed by atoms with Gasteiger partial charge in [-0.2, -0.15) is 0 Å². The molecule has 0 spiro atoms. The largest absolute Gasteiger partial charge is 0.477 e. The molecule has 4 N–H and O–H groups in total. The van der Waals surface area contributed by atoms with Crippen LogP contribution in [0.15, 0.2) is 58.6 Å². The fraction of sp³-hybridized carbons (Fsp3) is 0.304. The second kappa shape index (κ2) is 10.8. The third-order valence-electron chi connectivity index (χ3n) is 5.98. The third kappa shape index (κ3) is 4.82. The number of anilines is 1. The highest BCUT2D eigenvalue weighted by Crippen LogP contribution is 2.40. The fourth-order valence-corrected chi connectivity index (χ4v) is 6.11. The fourth-order valence-electron chi connectivity index (χ4n) is 4.23. The molecule has 5 heterocycles. The Hall–Kier alpha value is -3.95. The number of ether oxygens (including phenoxy) is 1. The Morgan fingerprint density at radius 1 is 1.34 bits per heavy atom. The van der Waals surface area contributed by atoms with E-state index in [4.69, 9.17) is 15.3 Å². The quantitative estimate of drug-likeness (QED) is 0.103. The van der Waals surface area contributed by atoms with E-state index in [1.165, 1.54) is 23.8 Å². The maximum absolute atomic E-state index is 13.1. The molecule has 1 fully saturated rings. The SMILES string of the molecule is COCCO/N=C(\C(=O)N[C@@H]1C(=O)N2C(C(=O)O)=C(C[n+]3ccn4ccccc43)CS[C@H]12)c1csc(N)n1. The zero-order chi connectivity index (χ0) is 26.8. The number of carboxylic acids is 1. The molecule has 0 radical (unpaired) electrons. The van der Waals surface area contributed by atoms with Crippen molar-refractivity contribution in [2.24, 2.45) is 5.16 Å². The normalized spacial score (nSPS) is 19.3. The summed E-state index contributed by atoms with van der Waals surface area (Å²) in [5, 5.41) is 17.8. The van der Waals surface area contributed by atoms with Crippen LogP contribution in [0.5, 0.6) is 0 Å². The minimum atomic E-state index is -1.20. The van der Waals surface area contributed by atoms with Crippen LogP contribution in [0.25, 0.3) is 5.65 Å². The molecule has 198 valence electrons. The average molecular weight is 559 g/mol. The van der Waals surface area contributed by atoms with Crippen molar-refractivity contribution < 1.29 is 33.6 Å². The summed E-state index contributed by atoms with van der Waals surface area (Å²) in [5.41, 5.74) is 7.20. The number of aliphatic carboxylic acids is 1. The number of oxime groups is 1. The lowest BCUT2D eigenvalue weighted by atomic mass is 10.0. The molecule has 15 heteroatoms. The van der Waals surface area contributed by atoms with E-state index in [0.717, 1.165) is 17.0 Å². The van der Waals surface area contributed by atoms with Gasteiger partial charge in [-0.05, 0) is 6.07 Å². The molecule has 3 aromatic heterocycles. The van der Waals surface area contributed by atoms with Crippen LogP contribution in [-0.2, 0) is 30.5 Å². The molecule has 2 aliphatic rings. The third-order valence-corrected chi connectivity index (χ3v) is 7.99. The van der Waals surface area contributed by atoms with Crippen molar-refractivity contribution >= 4 is 57.4 Å². The van der Waals surface area contributed by atoms with Gasteiger partial charge in [0.25, 0.3) is 17.5 Å². The molecule has 38 heavy (non-hydrogen) atoms. The zero-order valence-electron chi connectivity index (χ0n) is 20.1. The lowest BCUT2D eigenvalue weighted by Gasteiger charge is -2.49. The number of β-lactam (4-membered cyclic amide) rings is 1. The van der Waals surface area contributed by atoms with Gasteiger partial charge in [0.15, 0.2) is 10.8 Å². The minimum Gasteiger partial charge on any atom is -0.477 e. The summed E-state index contributed by atoms with van der Waals surface area (Å²) in [6.45, 7) is 0.673. The van der Waals surface area contributed by atoms with E-state index >= 15 is 0 Å². The molecule has 2 aliphatic heterocycles. The van der Waals surface area contributed by atoms with Crippen LogP contribution in [0.2, 0.25) is 0 Å². The van der Waals surface area contributed by atoms with Crippen LogP contribution < -0.4 is 15.6 Å². The van der Waals surface area contributed by atoms with E-state index in [1.54, 1.807) is 5.38 Å². The molecule has 13 nitrogen and oxygen atoms in total. The predicted octanol–water partition coefficient (Wildman–Crippen LogP) is 0.0714. The van der Waals surface area contributed by atoms with Gasteiger partial charge in [-0.3, -0.25) is 14.5 Å². The topological polar surface area (TPSA) is 165 Å². The molecule has 0 aliphatic carbocycles. The number of hydrogen-bond donors (Lipinski definition) is 3. The Labute approximate surface area is 224 Å². The highest BCUT2D eigenvalue weighted by molar-refractivity contribution is 8.00. The van der Waals surface area contributed by atoms with Crippen LogP contribution in [-0.4, -0.2) is 80.4 Å². The standard InChI is InChI=1S/C23H23N7O6S2/c1-35-8-9-36-27-16(14-12-38-23(24)25-14)19(31)26-17-20(32)30-18(22(33)34)13(11-37-21(17)30)10-29-7-6-28-5-3-2-4-15(28)29/h2-7,12,17,21H,8-11H2,1H3,(H3-,24,25,26,31,33,34)/p+1/b27-16-/t17-,21-/m1/s1. The molecule has 0 aromatic carbocycles. The molecule has 2 atom stereocenters. The Kier molecular flexibility index (Phi) is 7.31. The van der Waals surface area contributed by atoms with Gasteiger partial charge in [0.1, 0.15) is 48.4 Å². The van der Waals surface area contributed by atoms with Crippen LogP contribution >= 0.6 is 23.1 Å². The smallest absolute Gasteiger partial charge is 0.352 e. The second-order valence-electron chi connectivity index (χ2n) is 8.35. The minimum absolute atomic E-state index is 0.0592. The Balaban J connectivity index is 1.34. The van der Waals surface area contributed by atoms with Crippen LogP contribution in [0.4, 0.5) is 5.13 Å². The van der Waals surface area contributed by atoms with E-state index in [9.17, 15) is 19.5 Å². The number of amides is 2. The van der Waals surface area contributed by atoms with Gasteiger partial charge in [0.2, 0.25) is 0 Å². The molecular weight excluding hydrogens is 534 g/mol. The lowest BCUT2D eigenvalue weighted by Crippen LogP contribution is -2.71. The van der Waals surface area contributed by atoms with E-state index in [2.05, 4.69) is 15.5 Å². The number of aromatic nitrogens is 3. The maximum Gasteiger partial charge on any atom is 0.352 e. The molecule has 3 aromatic rings. The first kappa shape index (κ1) is 25.7. The monoisotopic (exact) mass is 558 g/mol. The number of carbonyl (C=O) groups excluding carboxylic acids is 2. The average Bonchev–Trinajstić information content (AvgIpc) is 3.52. The van der Waals surface area contributed by atoms with Crippen molar-refractivity contribution in [3.8, 4) is 0 Å². The number of nitrogens with one attached hydrogen (secondary N) is 1. The number of nitrogens with two attached hydrogens (primary N) is 1. The number of carbonyl (C=O) groups is 3. The number of thiazole rings is 1. The summed E-state index contributed by atoms with van der Waals surface area (Å²) in [6, 6.07) is 4.79. The summed E-state index contributed by atoms with van der Waals surface area (Å²) in [7, 11) is 1.50. The summed E-state index contributed by atoms with van der Waals surface area (Å²) in [4.78, 5) is 49.0. The van der Waals surface area contributed by atoms with E-state index in [0.29, 0.717) is 17.9 Å². The van der Waals surface area contributed by atoms with Crippen LogP contribution in [0, 0.1) is 0 Å². The van der Waals surface area contributed by atoms with Gasteiger partial charge in [-0.15, -0.1) is 23.1 Å². The van der Waals surface area contributed by atoms with Gasteiger partial charge in [0, 0.05) is 29.9 Å². The zero-order valence-corrected chi connectivity index (χ0v) is 21.8. The Morgan fingerprint density at radius 3 is 2.92 bits per heavy atom. The highest BCUT2D eigenvalue weighted by atomic mass is 32.2. The number of carboxylic acid groups (broad SMARTS) is 1. The van der Waals surface area contributed by atoms with Crippen molar-refractivity contribution in [2.45, 2.75) is 18.0 Å². The van der Waals surface area contributed by atoms with Gasteiger partial charge >= 0.3 is 5.97 Å². The number of fused-ring (bicyclic) bond motifs is 2. The summed E-state index contributed by atoms with van der Waals surface area (Å²) in [5.74, 6) is -2.02. The number of methoxy groups -OCH3 is 1. The first-order valence-electron chi connectivity index (χ1n) is 11.4. The molecule has 5 rings (SSSR count). The Morgan fingerprint density at radius 2 is 2.18 bits per heavy atom. The summed E-state index contributed by atoms with van der Waals surface area (Å²) >= 11 is 2.52. The van der Waals surface area contributed by atoms with Gasteiger partial charge in [0.05, 0.1) is 12.8 Å². The first-order chi connectivity index (χ1) is 18.4. The molecule has 1 saturated heterocycles. The molecular formula is C23H24N7O6S2+. The number of pyridine rings is 1.